The highest BCUT2D eigenvalue weighted by Crippen LogP contribution is 2.28. The Bertz CT molecular complexity index is 883. The van der Waals surface area contributed by atoms with Crippen LogP contribution in [0.25, 0.3) is 10.7 Å². The average molecular weight is 370 g/mol. The van der Waals surface area contributed by atoms with Gasteiger partial charge in [0.25, 0.3) is 5.91 Å². The molecular formula is C14H13F3N6OS. The number of alkyl halides is 3. The summed E-state index contributed by atoms with van der Waals surface area (Å²) in [5.41, 5.74) is -1.05. The van der Waals surface area contributed by atoms with E-state index in [4.69, 9.17) is 0 Å². The van der Waals surface area contributed by atoms with E-state index < -0.39 is 23.8 Å². The minimum atomic E-state index is -4.55. The second-order valence-corrected chi connectivity index (χ2v) is 6.15. The Morgan fingerprint density at radius 3 is 2.68 bits per heavy atom. The second kappa shape index (κ2) is 6.31. The lowest BCUT2D eigenvalue weighted by Gasteiger charge is -2.12. The Balaban J connectivity index is 1.75. The van der Waals surface area contributed by atoms with Crippen molar-refractivity contribution in [2.75, 3.05) is 5.32 Å². The highest BCUT2D eigenvalue weighted by Gasteiger charge is 2.34. The molecule has 3 aromatic rings. The summed E-state index contributed by atoms with van der Waals surface area (Å²) in [4.78, 5) is 17.4. The van der Waals surface area contributed by atoms with Gasteiger partial charge in [-0.1, -0.05) is 6.07 Å². The van der Waals surface area contributed by atoms with Gasteiger partial charge < -0.3 is 0 Å². The zero-order chi connectivity index (χ0) is 18.2. The SMILES string of the molecule is CC(C(=O)Nc1nc(-c2cccs2)nn1C)n1ccc(C(F)(F)F)n1. The highest BCUT2D eigenvalue weighted by atomic mass is 32.1. The average Bonchev–Trinajstić information content (AvgIpc) is 3.26. The second-order valence-electron chi connectivity index (χ2n) is 5.20. The molecule has 132 valence electrons. The van der Waals surface area contributed by atoms with E-state index in [0.717, 1.165) is 21.8 Å². The van der Waals surface area contributed by atoms with E-state index in [1.165, 1.54) is 22.9 Å². The number of nitrogens with one attached hydrogen (secondary N) is 1. The van der Waals surface area contributed by atoms with Gasteiger partial charge in [0.2, 0.25) is 5.95 Å². The lowest BCUT2D eigenvalue weighted by atomic mass is 10.3. The van der Waals surface area contributed by atoms with Crippen LogP contribution in [0.4, 0.5) is 19.1 Å². The fourth-order valence-corrected chi connectivity index (χ4v) is 2.70. The van der Waals surface area contributed by atoms with Gasteiger partial charge in [-0.25, -0.2) is 4.68 Å². The first-order chi connectivity index (χ1) is 11.8. The lowest BCUT2D eigenvalue weighted by molar-refractivity contribution is -0.141. The third-order valence-electron chi connectivity index (χ3n) is 3.41. The quantitative estimate of drug-likeness (QED) is 0.766. The normalized spacial score (nSPS) is 13.0. The number of rotatable bonds is 4. The van der Waals surface area contributed by atoms with Gasteiger partial charge in [0.05, 0.1) is 4.88 Å². The van der Waals surface area contributed by atoms with Crippen LogP contribution in [0.15, 0.2) is 29.8 Å². The van der Waals surface area contributed by atoms with Crippen LogP contribution in [-0.2, 0) is 18.0 Å². The number of halogens is 3. The van der Waals surface area contributed by atoms with Crippen LogP contribution in [0.2, 0.25) is 0 Å². The predicted molar refractivity (Wildman–Crippen MR) is 84.9 cm³/mol. The van der Waals surface area contributed by atoms with Crippen molar-refractivity contribution in [1.29, 1.82) is 0 Å². The number of carbonyl (C=O) groups excluding carboxylic acids is 1. The third kappa shape index (κ3) is 3.55. The zero-order valence-electron chi connectivity index (χ0n) is 13.2. The van der Waals surface area contributed by atoms with Crippen molar-refractivity contribution in [3.8, 4) is 10.7 Å². The van der Waals surface area contributed by atoms with Gasteiger partial charge in [0, 0.05) is 13.2 Å². The van der Waals surface area contributed by atoms with Crippen molar-refractivity contribution in [3.63, 3.8) is 0 Å². The van der Waals surface area contributed by atoms with Gasteiger partial charge in [0.1, 0.15) is 6.04 Å². The fraction of sp³-hybridized carbons (Fsp3) is 0.286. The molecule has 0 saturated heterocycles. The van der Waals surface area contributed by atoms with E-state index >= 15 is 0 Å². The smallest absolute Gasteiger partial charge is 0.293 e. The molecule has 0 radical (unpaired) electrons. The van der Waals surface area contributed by atoms with Crippen molar-refractivity contribution < 1.29 is 18.0 Å². The van der Waals surface area contributed by atoms with E-state index in [-0.39, 0.29) is 5.95 Å². The van der Waals surface area contributed by atoms with Crippen molar-refractivity contribution in [1.82, 2.24) is 24.5 Å². The molecule has 0 spiro atoms. The number of carbonyl (C=O) groups is 1. The molecule has 0 bridgehead atoms. The Morgan fingerprint density at radius 2 is 2.08 bits per heavy atom. The number of hydrogen-bond acceptors (Lipinski definition) is 5. The van der Waals surface area contributed by atoms with Gasteiger partial charge in [-0.05, 0) is 24.4 Å². The monoisotopic (exact) mass is 370 g/mol. The van der Waals surface area contributed by atoms with Crippen LogP contribution < -0.4 is 5.32 Å². The fourth-order valence-electron chi connectivity index (χ4n) is 2.04. The van der Waals surface area contributed by atoms with E-state index in [0.29, 0.717) is 5.82 Å². The number of aromatic nitrogens is 5. The number of thiophene rings is 1. The number of hydrogen-bond donors (Lipinski definition) is 1. The Kier molecular flexibility index (Phi) is 4.33. The molecule has 11 heteroatoms. The molecule has 1 amide bonds. The van der Waals surface area contributed by atoms with Crippen LogP contribution >= 0.6 is 11.3 Å². The van der Waals surface area contributed by atoms with Crippen LogP contribution in [0.5, 0.6) is 0 Å². The maximum Gasteiger partial charge on any atom is 0.435 e. The molecule has 7 nitrogen and oxygen atoms in total. The Morgan fingerprint density at radius 1 is 1.32 bits per heavy atom. The lowest BCUT2D eigenvalue weighted by Crippen LogP contribution is -2.26. The van der Waals surface area contributed by atoms with E-state index in [9.17, 15) is 18.0 Å². The van der Waals surface area contributed by atoms with Crippen molar-refractivity contribution >= 4 is 23.2 Å². The van der Waals surface area contributed by atoms with Gasteiger partial charge in [-0.3, -0.25) is 14.8 Å². The summed E-state index contributed by atoms with van der Waals surface area (Å²) in [6, 6.07) is 3.57. The Labute approximate surface area is 144 Å². The molecule has 1 atom stereocenters. The van der Waals surface area contributed by atoms with E-state index in [1.54, 1.807) is 7.05 Å². The molecule has 1 unspecified atom stereocenters. The van der Waals surface area contributed by atoms with Gasteiger partial charge in [-0.15, -0.1) is 16.4 Å². The molecule has 3 heterocycles. The summed E-state index contributed by atoms with van der Waals surface area (Å²) in [5.74, 6) is 0.104. The molecule has 3 rings (SSSR count). The molecule has 25 heavy (non-hydrogen) atoms. The molecular weight excluding hydrogens is 357 g/mol. The predicted octanol–water partition coefficient (Wildman–Crippen LogP) is 2.96. The molecule has 0 aliphatic carbocycles. The van der Waals surface area contributed by atoms with Crippen LogP contribution in [0.1, 0.15) is 18.7 Å². The standard InChI is InChI=1S/C14H13F3N6OS/c1-8(23-6-5-10(20-23)14(15,16)17)12(24)19-13-18-11(21-22(13)2)9-4-3-7-25-9/h3-8H,1-2H3,(H,18,19,21,24). The maximum absolute atomic E-state index is 12.6. The van der Waals surface area contributed by atoms with E-state index in [2.05, 4.69) is 20.5 Å². The topological polar surface area (TPSA) is 77.6 Å². The summed E-state index contributed by atoms with van der Waals surface area (Å²) in [7, 11) is 1.61. The third-order valence-corrected chi connectivity index (χ3v) is 4.28. The van der Waals surface area contributed by atoms with Crippen LogP contribution in [-0.4, -0.2) is 30.5 Å². The Hall–Kier alpha value is -2.69. The first kappa shape index (κ1) is 17.1. The van der Waals surface area contributed by atoms with Crippen molar-refractivity contribution in [2.24, 2.45) is 7.05 Å². The van der Waals surface area contributed by atoms with E-state index in [1.807, 2.05) is 17.5 Å². The molecule has 0 saturated carbocycles. The summed E-state index contributed by atoms with van der Waals surface area (Å²) >= 11 is 1.45. The molecule has 3 aromatic heterocycles. The zero-order valence-corrected chi connectivity index (χ0v) is 14.0. The minimum absolute atomic E-state index is 0.198. The minimum Gasteiger partial charge on any atom is -0.293 e. The van der Waals surface area contributed by atoms with Crippen molar-refractivity contribution in [2.45, 2.75) is 19.1 Å². The summed E-state index contributed by atoms with van der Waals surface area (Å²) in [6.45, 7) is 1.44. The molecule has 1 N–H and O–H groups in total. The highest BCUT2D eigenvalue weighted by molar-refractivity contribution is 7.13. The first-order valence-electron chi connectivity index (χ1n) is 7.14. The van der Waals surface area contributed by atoms with Crippen LogP contribution in [0.3, 0.4) is 0 Å². The number of aryl methyl sites for hydroxylation is 1. The first-order valence-corrected chi connectivity index (χ1v) is 8.02. The van der Waals surface area contributed by atoms with Gasteiger partial charge in [-0.2, -0.15) is 23.3 Å². The molecule has 0 aromatic carbocycles. The maximum atomic E-state index is 12.6. The number of nitrogens with zero attached hydrogens (tertiary/aromatic N) is 5. The molecule has 0 aliphatic rings. The number of anilines is 1. The largest absolute Gasteiger partial charge is 0.435 e. The summed E-state index contributed by atoms with van der Waals surface area (Å²) in [6.07, 6.45) is -3.44. The van der Waals surface area contributed by atoms with Crippen LogP contribution in [0, 0.1) is 0 Å². The van der Waals surface area contributed by atoms with Gasteiger partial charge in [0.15, 0.2) is 11.5 Å². The molecule has 0 fully saturated rings. The van der Waals surface area contributed by atoms with Gasteiger partial charge >= 0.3 is 6.18 Å². The molecule has 0 aliphatic heterocycles. The number of amides is 1. The summed E-state index contributed by atoms with van der Waals surface area (Å²) in [5, 5.41) is 12.0. The summed E-state index contributed by atoms with van der Waals surface area (Å²) < 4.78 is 40.2. The van der Waals surface area contributed by atoms with Crippen molar-refractivity contribution in [3.05, 3.63) is 35.5 Å².